The maximum absolute atomic E-state index is 14.0. The maximum Gasteiger partial charge on any atom is 0.469 e. The quantitative estimate of drug-likeness (QED) is 0.0380. The molecule has 0 aromatic carbocycles. The number of nitrogens with two attached hydrogens (primary N) is 1. The number of phosphoric ester groups is 1. The molecule has 0 bridgehead atoms. The molecule has 1 aromatic rings. The number of ether oxygens (including phenoxy) is 1. The molecule has 0 radical (unpaired) electrons. The van der Waals surface area contributed by atoms with Crippen LogP contribution in [-0.4, -0.2) is 139 Å². The molecule has 318 valence electrons. The molecule has 0 saturated carbocycles. The predicted molar refractivity (Wildman–Crippen MR) is 199 cm³/mol. The summed E-state index contributed by atoms with van der Waals surface area (Å²) in [5.74, 6) is -5.01. The summed E-state index contributed by atoms with van der Waals surface area (Å²) in [6.45, 7) is 8.33. The average Bonchev–Trinajstić information content (AvgIpc) is 3.77. The third-order valence-electron chi connectivity index (χ3n) is 8.83. The van der Waals surface area contributed by atoms with Crippen LogP contribution in [0.4, 0.5) is 0 Å². The number of unbranched alkanes of at least 4 members (excludes halogenated alkanes) is 1. The smallest absolute Gasteiger partial charge is 0.396 e. The number of aliphatic hydroxyl groups excluding tert-OH is 2. The van der Waals surface area contributed by atoms with Gasteiger partial charge in [0.05, 0.1) is 38.2 Å². The summed E-state index contributed by atoms with van der Waals surface area (Å²) in [7, 11) is -5.11. The van der Waals surface area contributed by atoms with Crippen LogP contribution in [0.2, 0.25) is 0 Å². The molecule has 1 fully saturated rings. The van der Waals surface area contributed by atoms with E-state index in [1.165, 1.54) is 17.4 Å². The number of primary amides is 1. The zero-order valence-electron chi connectivity index (χ0n) is 32.6. The SMILES string of the molecule is CC(C)C[C@H](NC(=O)[C@@H]1CCCN1C(=O)CCOC(C)C)C(=O)N[C@@H](Cc1cncn1CCCCO)C(=O)N[C@@H](CO)C(=O)N[C@H](C(N)=O)[C@@H](C)OP(=O)(O)O. The second kappa shape index (κ2) is 23.3. The van der Waals surface area contributed by atoms with Gasteiger partial charge in [-0.2, -0.15) is 0 Å². The standard InChI is InChI=1S/C34H59N8O13P/c1-20(2)15-24(38-34(50)27-9-8-12-42(27)28(45)10-14-54-21(3)4)31(47)37-25(16-23-17-36-19-41(23)11-6-7-13-43)32(48)39-26(18-44)33(49)40-29(30(35)46)22(5)55-56(51,52)53/h17,19-22,24-27,29,43-44H,6-16,18H2,1-5H3,(H2,35,46)(H,37,47)(H,38,50)(H,39,48)(H,40,49)(H2,51,52,53)/t22-,24+,25+,26+,27+,29+/m1/s1. The molecule has 0 aliphatic carbocycles. The van der Waals surface area contributed by atoms with E-state index in [1.54, 1.807) is 4.57 Å². The topological polar surface area (TPSA) is 314 Å². The maximum atomic E-state index is 14.0. The fourth-order valence-electron chi connectivity index (χ4n) is 6.06. The molecule has 0 unspecified atom stereocenters. The van der Waals surface area contributed by atoms with Gasteiger partial charge < -0.3 is 61.2 Å². The first kappa shape index (κ1) is 48.2. The lowest BCUT2D eigenvalue weighted by Gasteiger charge is -2.29. The molecular formula is C34H59N8O13P. The fraction of sp³-hybridized carbons (Fsp3) is 0.735. The van der Waals surface area contributed by atoms with E-state index in [-0.39, 0.29) is 50.4 Å². The van der Waals surface area contributed by atoms with E-state index in [0.29, 0.717) is 44.5 Å². The molecule has 21 nitrogen and oxygen atoms in total. The number of imidazole rings is 1. The Balaban J connectivity index is 2.34. The van der Waals surface area contributed by atoms with Crippen molar-refractivity contribution in [1.82, 2.24) is 35.7 Å². The zero-order chi connectivity index (χ0) is 42.2. The number of carbonyl (C=O) groups excluding carboxylic acids is 6. The summed E-state index contributed by atoms with van der Waals surface area (Å²) in [6.07, 6.45) is 3.36. The van der Waals surface area contributed by atoms with Gasteiger partial charge >= 0.3 is 7.82 Å². The molecule has 10 N–H and O–H groups in total. The van der Waals surface area contributed by atoms with E-state index in [2.05, 4.69) is 30.8 Å². The van der Waals surface area contributed by atoms with Crippen molar-refractivity contribution in [2.45, 2.75) is 129 Å². The van der Waals surface area contributed by atoms with E-state index < -0.39 is 80.3 Å². The number of aromatic nitrogens is 2. The van der Waals surface area contributed by atoms with Crippen molar-refractivity contribution in [3.63, 3.8) is 0 Å². The van der Waals surface area contributed by atoms with E-state index in [9.17, 15) is 43.5 Å². The number of likely N-dealkylation sites (tertiary alicyclic amines) is 1. The molecule has 1 saturated heterocycles. The van der Waals surface area contributed by atoms with Crippen molar-refractivity contribution in [3.05, 3.63) is 18.2 Å². The first-order valence-electron chi connectivity index (χ1n) is 18.6. The molecule has 56 heavy (non-hydrogen) atoms. The Labute approximate surface area is 326 Å². The fourth-order valence-corrected chi connectivity index (χ4v) is 6.61. The minimum Gasteiger partial charge on any atom is -0.396 e. The number of hydrogen-bond donors (Lipinski definition) is 9. The third-order valence-corrected chi connectivity index (χ3v) is 9.43. The van der Waals surface area contributed by atoms with E-state index in [1.807, 2.05) is 27.7 Å². The van der Waals surface area contributed by atoms with E-state index in [0.717, 1.165) is 6.92 Å². The van der Waals surface area contributed by atoms with Crippen molar-refractivity contribution < 1.29 is 62.6 Å². The summed E-state index contributed by atoms with van der Waals surface area (Å²) < 4.78 is 23.0. The average molecular weight is 819 g/mol. The molecule has 1 aliphatic rings. The van der Waals surface area contributed by atoms with Gasteiger partial charge in [-0.25, -0.2) is 9.55 Å². The highest BCUT2D eigenvalue weighted by Gasteiger charge is 2.38. The minimum atomic E-state index is -5.11. The zero-order valence-corrected chi connectivity index (χ0v) is 33.5. The van der Waals surface area contributed by atoms with E-state index >= 15 is 0 Å². The number of carbonyl (C=O) groups is 6. The van der Waals surface area contributed by atoms with Crippen molar-refractivity contribution in [2.24, 2.45) is 11.7 Å². The summed E-state index contributed by atoms with van der Waals surface area (Å²) in [6, 6.07) is -6.94. The molecule has 1 aliphatic heterocycles. The first-order chi connectivity index (χ1) is 26.3. The second-order valence-corrected chi connectivity index (χ2v) is 15.5. The number of amides is 6. The molecule has 2 heterocycles. The highest BCUT2D eigenvalue weighted by atomic mass is 31.2. The number of nitrogens with zero attached hydrogens (tertiary/aromatic N) is 3. The lowest BCUT2D eigenvalue weighted by Crippen LogP contribution is -2.61. The summed E-state index contributed by atoms with van der Waals surface area (Å²) in [5, 5.41) is 29.2. The van der Waals surface area contributed by atoms with Crippen LogP contribution < -0.4 is 27.0 Å². The van der Waals surface area contributed by atoms with Crippen molar-refractivity contribution in [1.29, 1.82) is 0 Å². The third kappa shape index (κ3) is 16.2. The molecule has 6 atom stereocenters. The second-order valence-electron chi connectivity index (χ2n) is 14.3. The Kier molecular flexibility index (Phi) is 20.0. The lowest BCUT2D eigenvalue weighted by molar-refractivity contribution is -0.140. The molecule has 6 amide bonds. The van der Waals surface area contributed by atoms with Gasteiger partial charge in [0.25, 0.3) is 0 Å². The Morgan fingerprint density at radius 3 is 2.18 bits per heavy atom. The van der Waals surface area contributed by atoms with E-state index in [4.69, 9.17) is 20.3 Å². The van der Waals surface area contributed by atoms with Crippen molar-refractivity contribution >= 4 is 43.3 Å². The van der Waals surface area contributed by atoms with Crippen molar-refractivity contribution in [2.75, 3.05) is 26.4 Å². The predicted octanol–water partition coefficient (Wildman–Crippen LogP) is -2.04. The van der Waals surface area contributed by atoms with Crippen LogP contribution in [0.5, 0.6) is 0 Å². The van der Waals surface area contributed by atoms with Crippen LogP contribution in [-0.2, 0) is 55.6 Å². The van der Waals surface area contributed by atoms with Crippen LogP contribution in [0.15, 0.2) is 12.5 Å². The van der Waals surface area contributed by atoms with Gasteiger partial charge in [0.2, 0.25) is 35.4 Å². The van der Waals surface area contributed by atoms with Gasteiger partial charge in [-0.05, 0) is 58.8 Å². The number of aryl methyl sites for hydroxylation is 1. The van der Waals surface area contributed by atoms with Gasteiger partial charge in [0, 0.05) is 38.0 Å². The van der Waals surface area contributed by atoms with Crippen LogP contribution in [0.3, 0.4) is 0 Å². The largest absolute Gasteiger partial charge is 0.469 e. The number of phosphoric acid groups is 1. The minimum absolute atomic E-state index is 0.0428. The monoisotopic (exact) mass is 818 g/mol. The first-order valence-corrected chi connectivity index (χ1v) is 20.2. The van der Waals surface area contributed by atoms with Crippen molar-refractivity contribution in [3.8, 4) is 0 Å². The lowest BCUT2D eigenvalue weighted by atomic mass is 10.0. The van der Waals surface area contributed by atoms with Crippen LogP contribution >= 0.6 is 7.82 Å². The number of hydrogen-bond acceptors (Lipinski definition) is 12. The number of nitrogens with one attached hydrogen (secondary N) is 4. The molecular weight excluding hydrogens is 759 g/mol. The summed E-state index contributed by atoms with van der Waals surface area (Å²) >= 11 is 0. The molecule has 1 aromatic heterocycles. The molecule has 22 heteroatoms. The summed E-state index contributed by atoms with van der Waals surface area (Å²) in [4.78, 5) is 104. The Hall–Kier alpha value is -3.98. The Morgan fingerprint density at radius 1 is 0.946 bits per heavy atom. The Bertz CT molecular complexity index is 1520. The van der Waals surface area contributed by atoms with Crippen LogP contribution in [0.25, 0.3) is 0 Å². The normalized spacial score (nSPS) is 17.2. The van der Waals surface area contributed by atoms with Crippen LogP contribution in [0, 0.1) is 5.92 Å². The van der Waals surface area contributed by atoms with Gasteiger partial charge in [-0.15, -0.1) is 0 Å². The van der Waals surface area contributed by atoms with Gasteiger partial charge in [-0.3, -0.25) is 33.3 Å². The van der Waals surface area contributed by atoms with Gasteiger partial charge in [-0.1, -0.05) is 13.8 Å². The highest BCUT2D eigenvalue weighted by molar-refractivity contribution is 7.46. The number of aliphatic hydroxyl groups is 2. The van der Waals surface area contributed by atoms with Crippen LogP contribution in [0.1, 0.15) is 78.8 Å². The Morgan fingerprint density at radius 2 is 1.59 bits per heavy atom. The van der Waals surface area contributed by atoms with Gasteiger partial charge in [0.1, 0.15) is 30.2 Å². The highest BCUT2D eigenvalue weighted by Crippen LogP contribution is 2.38. The molecule has 0 spiro atoms. The van der Waals surface area contributed by atoms with Gasteiger partial charge in [0.15, 0.2) is 0 Å². The number of rotatable bonds is 25. The summed E-state index contributed by atoms with van der Waals surface area (Å²) in [5.41, 5.74) is 5.80. The molecule has 2 rings (SSSR count).